The number of non-ortho nitro benzene ring substituents is 1. The molecule has 0 aliphatic rings. The van der Waals surface area contributed by atoms with Crippen LogP contribution in [0.1, 0.15) is 17.5 Å². The van der Waals surface area contributed by atoms with Crippen molar-refractivity contribution < 1.29 is 14.5 Å². The zero-order valence-electron chi connectivity index (χ0n) is 13.6. The number of carbonyl (C=O) groups excluding carboxylic acids is 1. The molecule has 0 atom stereocenters. The van der Waals surface area contributed by atoms with Crippen LogP contribution in [-0.4, -0.2) is 17.6 Å². The number of nitro benzene ring substituents is 1. The van der Waals surface area contributed by atoms with Crippen molar-refractivity contribution in [3.05, 3.63) is 75.8 Å². The summed E-state index contributed by atoms with van der Waals surface area (Å²) in [5.74, 6) is 0. The molecular weight excluding hydrogens is 322 g/mol. The van der Waals surface area contributed by atoms with Gasteiger partial charge < -0.3 is 15.8 Å². The molecule has 2 rings (SSSR count). The van der Waals surface area contributed by atoms with Gasteiger partial charge in [-0.05, 0) is 18.1 Å². The molecule has 7 heteroatoms. The summed E-state index contributed by atoms with van der Waals surface area (Å²) in [5.41, 5.74) is 7.71. The van der Waals surface area contributed by atoms with Crippen molar-refractivity contribution in [1.29, 1.82) is 0 Å². The van der Waals surface area contributed by atoms with Crippen molar-refractivity contribution in [2.24, 2.45) is 0 Å². The van der Waals surface area contributed by atoms with Gasteiger partial charge in [0.05, 0.1) is 4.92 Å². The normalized spacial score (nSPS) is 10.6. The fourth-order valence-corrected chi connectivity index (χ4v) is 2.06. The molecular formula is C18H19N3O4. The smallest absolute Gasteiger partial charge is 0.407 e. The topological polar surface area (TPSA) is 107 Å². The van der Waals surface area contributed by atoms with E-state index in [0.29, 0.717) is 24.2 Å². The van der Waals surface area contributed by atoms with Crippen LogP contribution in [-0.2, 0) is 11.3 Å². The third kappa shape index (κ3) is 5.98. The second kappa shape index (κ2) is 9.07. The maximum atomic E-state index is 11.6. The number of hydrogen-bond donors (Lipinski definition) is 2. The first-order chi connectivity index (χ1) is 12.1. The number of nitrogen functional groups attached to an aromatic ring is 1. The lowest BCUT2D eigenvalue weighted by Gasteiger charge is -2.06. The van der Waals surface area contributed by atoms with Gasteiger partial charge in [0, 0.05) is 29.9 Å². The molecule has 3 N–H and O–H groups in total. The summed E-state index contributed by atoms with van der Waals surface area (Å²) >= 11 is 0. The highest BCUT2D eigenvalue weighted by Gasteiger charge is 2.07. The van der Waals surface area contributed by atoms with E-state index < -0.39 is 11.0 Å². The van der Waals surface area contributed by atoms with Crippen molar-refractivity contribution in [2.75, 3.05) is 12.3 Å². The second-order valence-corrected chi connectivity index (χ2v) is 5.25. The Morgan fingerprint density at radius 2 is 2.00 bits per heavy atom. The van der Waals surface area contributed by atoms with Crippen molar-refractivity contribution in [1.82, 2.24) is 5.32 Å². The average Bonchev–Trinajstić information content (AvgIpc) is 2.61. The van der Waals surface area contributed by atoms with Crippen LogP contribution in [0.15, 0.2) is 54.6 Å². The highest BCUT2D eigenvalue weighted by atomic mass is 16.6. The summed E-state index contributed by atoms with van der Waals surface area (Å²) in [6.07, 6.45) is 3.53. The number of alkyl carbamates (subject to hydrolysis) is 1. The molecule has 0 fully saturated rings. The molecule has 0 aromatic heterocycles. The Hall–Kier alpha value is -3.35. The molecule has 0 spiro atoms. The van der Waals surface area contributed by atoms with Crippen LogP contribution in [0.5, 0.6) is 0 Å². The standard InChI is InChI=1S/C18H19N3O4/c19-17-10-9-16(21(23)24)12-15(17)8-4-5-11-20-18(22)25-13-14-6-2-1-3-7-14/h1-4,6-10,12H,5,11,13,19H2,(H,20,22). The predicted molar refractivity (Wildman–Crippen MR) is 95.8 cm³/mol. The molecule has 0 saturated carbocycles. The summed E-state index contributed by atoms with van der Waals surface area (Å²) in [5, 5.41) is 13.4. The highest BCUT2D eigenvalue weighted by molar-refractivity contribution is 5.68. The molecule has 0 heterocycles. The number of nitrogens with zero attached hydrogens (tertiary/aromatic N) is 1. The van der Waals surface area contributed by atoms with E-state index in [1.165, 1.54) is 18.2 Å². The molecule has 0 aliphatic carbocycles. The Kier molecular flexibility index (Phi) is 6.53. The second-order valence-electron chi connectivity index (χ2n) is 5.25. The van der Waals surface area contributed by atoms with Crippen molar-refractivity contribution >= 4 is 23.5 Å². The van der Waals surface area contributed by atoms with E-state index in [0.717, 1.165) is 5.56 Å². The van der Waals surface area contributed by atoms with Gasteiger partial charge in [-0.2, -0.15) is 0 Å². The first-order valence-electron chi connectivity index (χ1n) is 7.71. The third-order valence-corrected chi connectivity index (χ3v) is 3.37. The van der Waals surface area contributed by atoms with E-state index >= 15 is 0 Å². The lowest BCUT2D eigenvalue weighted by molar-refractivity contribution is -0.384. The monoisotopic (exact) mass is 341 g/mol. The number of nitrogens with one attached hydrogen (secondary N) is 1. The highest BCUT2D eigenvalue weighted by Crippen LogP contribution is 2.20. The quantitative estimate of drug-likeness (QED) is 0.347. The first-order valence-corrected chi connectivity index (χ1v) is 7.71. The fourth-order valence-electron chi connectivity index (χ4n) is 2.06. The number of rotatable bonds is 7. The number of amides is 1. The minimum Gasteiger partial charge on any atom is -0.445 e. The third-order valence-electron chi connectivity index (χ3n) is 3.37. The number of anilines is 1. The minimum absolute atomic E-state index is 0.0172. The largest absolute Gasteiger partial charge is 0.445 e. The molecule has 0 aliphatic heterocycles. The van der Waals surface area contributed by atoms with Gasteiger partial charge in [-0.15, -0.1) is 0 Å². The van der Waals surface area contributed by atoms with Gasteiger partial charge in [0.1, 0.15) is 6.61 Å². The molecule has 130 valence electrons. The number of benzene rings is 2. The summed E-state index contributed by atoms with van der Waals surface area (Å²) in [6, 6.07) is 13.7. The van der Waals surface area contributed by atoms with Crippen LogP contribution < -0.4 is 11.1 Å². The molecule has 1 amide bonds. The van der Waals surface area contributed by atoms with E-state index in [9.17, 15) is 14.9 Å². The van der Waals surface area contributed by atoms with Crippen molar-refractivity contribution in [2.45, 2.75) is 13.0 Å². The van der Waals surface area contributed by atoms with E-state index in [1.54, 1.807) is 12.2 Å². The van der Waals surface area contributed by atoms with Gasteiger partial charge in [-0.1, -0.05) is 42.5 Å². The van der Waals surface area contributed by atoms with Gasteiger partial charge in [0.15, 0.2) is 0 Å². The van der Waals surface area contributed by atoms with Gasteiger partial charge >= 0.3 is 6.09 Å². The number of nitrogens with two attached hydrogens (primary N) is 1. The van der Waals surface area contributed by atoms with Crippen LogP contribution >= 0.6 is 0 Å². The predicted octanol–water partition coefficient (Wildman–Crippen LogP) is 3.51. The molecule has 7 nitrogen and oxygen atoms in total. The van der Waals surface area contributed by atoms with Crippen molar-refractivity contribution in [3.63, 3.8) is 0 Å². The van der Waals surface area contributed by atoms with Gasteiger partial charge in [-0.3, -0.25) is 10.1 Å². The van der Waals surface area contributed by atoms with E-state index in [2.05, 4.69) is 5.32 Å². The van der Waals surface area contributed by atoms with Crippen LogP contribution in [0, 0.1) is 10.1 Å². The van der Waals surface area contributed by atoms with Gasteiger partial charge in [-0.25, -0.2) is 4.79 Å². The molecule has 0 bridgehead atoms. The summed E-state index contributed by atoms with van der Waals surface area (Å²) < 4.78 is 5.09. The molecule has 0 unspecified atom stereocenters. The maximum Gasteiger partial charge on any atom is 0.407 e. The fraction of sp³-hybridized carbons (Fsp3) is 0.167. The van der Waals surface area contributed by atoms with Crippen LogP contribution in [0.2, 0.25) is 0 Å². The number of carbonyl (C=O) groups is 1. The number of ether oxygens (including phenoxy) is 1. The lowest BCUT2D eigenvalue weighted by atomic mass is 10.1. The van der Waals surface area contributed by atoms with E-state index in [-0.39, 0.29) is 12.3 Å². The Labute approximate surface area is 145 Å². The van der Waals surface area contributed by atoms with Gasteiger partial charge in [0.25, 0.3) is 5.69 Å². The Morgan fingerprint density at radius 3 is 2.72 bits per heavy atom. The molecule has 0 saturated heterocycles. The first kappa shape index (κ1) is 18.0. The van der Waals surface area contributed by atoms with E-state index in [4.69, 9.17) is 10.5 Å². The van der Waals surface area contributed by atoms with Crippen molar-refractivity contribution in [3.8, 4) is 0 Å². The number of nitro groups is 1. The van der Waals surface area contributed by atoms with Crippen LogP contribution in [0.3, 0.4) is 0 Å². The number of hydrogen-bond acceptors (Lipinski definition) is 5. The van der Waals surface area contributed by atoms with Crippen LogP contribution in [0.4, 0.5) is 16.2 Å². The molecule has 25 heavy (non-hydrogen) atoms. The lowest BCUT2D eigenvalue weighted by Crippen LogP contribution is -2.24. The van der Waals surface area contributed by atoms with Crippen LogP contribution in [0.25, 0.3) is 6.08 Å². The minimum atomic E-state index is -0.493. The maximum absolute atomic E-state index is 11.6. The summed E-state index contributed by atoms with van der Waals surface area (Å²) in [7, 11) is 0. The average molecular weight is 341 g/mol. The molecule has 2 aromatic carbocycles. The SMILES string of the molecule is Nc1ccc([N+](=O)[O-])cc1C=CCCNC(=O)OCc1ccccc1. The Morgan fingerprint density at radius 1 is 1.24 bits per heavy atom. The molecule has 0 radical (unpaired) electrons. The zero-order valence-corrected chi connectivity index (χ0v) is 13.6. The Bertz CT molecular complexity index is 760. The molecule has 2 aromatic rings. The summed E-state index contributed by atoms with van der Waals surface area (Å²) in [6.45, 7) is 0.603. The van der Waals surface area contributed by atoms with E-state index in [1.807, 2.05) is 30.3 Å². The zero-order chi connectivity index (χ0) is 18.1. The van der Waals surface area contributed by atoms with Gasteiger partial charge in [0.2, 0.25) is 0 Å². The Balaban J connectivity index is 1.73. The summed E-state index contributed by atoms with van der Waals surface area (Å²) in [4.78, 5) is 21.9.